The molecular formula is C44H35NO. The Morgan fingerprint density at radius 1 is 0.674 bits per heavy atom. The highest BCUT2D eigenvalue weighted by Crippen LogP contribution is 2.47. The molecule has 3 aliphatic rings. The Morgan fingerprint density at radius 3 is 2.43 bits per heavy atom. The third-order valence-corrected chi connectivity index (χ3v) is 9.84. The molecule has 1 atom stereocenters. The molecule has 3 aliphatic carbocycles. The summed E-state index contributed by atoms with van der Waals surface area (Å²) in [6.07, 6.45) is 25.7. The number of furan rings is 1. The van der Waals surface area contributed by atoms with E-state index >= 15 is 0 Å². The van der Waals surface area contributed by atoms with Crippen LogP contribution in [0, 0.1) is 0 Å². The highest BCUT2D eigenvalue weighted by atomic mass is 16.3. The lowest BCUT2D eigenvalue weighted by atomic mass is 9.86. The Hall–Kier alpha value is -5.34. The summed E-state index contributed by atoms with van der Waals surface area (Å²) in [7, 11) is 0. The first-order valence-electron chi connectivity index (χ1n) is 16.6. The van der Waals surface area contributed by atoms with Gasteiger partial charge in [0.05, 0.1) is 17.1 Å². The van der Waals surface area contributed by atoms with Gasteiger partial charge in [0.2, 0.25) is 0 Å². The maximum Gasteiger partial charge on any atom is 0.143 e. The summed E-state index contributed by atoms with van der Waals surface area (Å²) in [5.74, 6) is 0. The van der Waals surface area contributed by atoms with Crippen molar-refractivity contribution in [3.63, 3.8) is 0 Å². The van der Waals surface area contributed by atoms with Gasteiger partial charge >= 0.3 is 0 Å². The summed E-state index contributed by atoms with van der Waals surface area (Å²) in [6.45, 7) is 0. The van der Waals surface area contributed by atoms with Gasteiger partial charge in [-0.25, -0.2) is 0 Å². The van der Waals surface area contributed by atoms with E-state index in [2.05, 4.69) is 151 Å². The van der Waals surface area contributed by atoms with Gasteiger partial charge in [-0.2, -0.15) is 0 Å². The van der Waals surface area contributed by atoms with Crippen molar-refractivity contribution in [2.24, 2.45) is 0 Å². The Labute approximate surface area is 270 Å². The number of allylic oxidation sites excluding steroid dienone is 7. The zero-order valence-electron chi connectivity index (χ0n) is 25.8. The molecule has 2 nitrogen and oxygen atoms in total. The van der Waals surface area contributed by atoms with E-state index in [4.69, 9.17) is 4.42 Å². The molecule has 0 aliphatic heterocycles. The summed E-state index contributed by atoms with van der Waals surface area (Å²) < 4.78 is 6.84. The molecule has 0 fully saturated rings. The fourth-order valence-electron chi connectivity index (χ4n) is 7.68. The van der Waals surface area contributed by atoms with Crippen LogP contribution in [0.25, 0.3) is 55.5 Å². The van der Waals surface area contributed by atoms with Gasteiger partial charge in [0, 0.05) is 22.2 Å². The van der Waals surface area contributed by atoms with Crippen molar-refractivity contribution in [1.82, 2.24) is 0 Å². The lowest BCUT2D eigenvalue weighted by Crippen LogP contribution is -2.30. The molecule has 46 heavy (non-hydrogen) atoms. The summed E-state index contributed by atoms with van der Waals surface area (Å²) in [5, 5.41) is 4.88. The van der Waals surface area contributed by atoms with Crippen LogP contribution in [0.15, 0.2) is 144 Å². The molecule has 1 aromatic heterocycles. The molecule has 0 saturated heterocycles. The van der Waals surface area contributed by atoms with Crippen molar-refractivity contribution in [2.75, 3.05) is 4.90 Å². The second-order valence-corrected chi connectivity index (χ2v) is 12.6. The van der Waals surface area contributed by atoms with E-state index in [1.54, 1.807) is 0 Å². The molecular weight excluding hydrogens is 558 g/mol. The van der Waals surface area contributed by atoms with E-state index < -0.39 is 0 Å². The molecule has 0 saturated carbocycles. The number of hydrogen-bond donors (Lipinski definition) is 0. The van der Waals surface area contributed by atoms with Crippen molar-refractivity contribution in [3.05, 3.63) is 156 Å². The summed E-state index contributed by atoms with van der Waals surface area (Å²) in [4.78, 5) is 2.56. The highest BCUT2D eigenvalue weighted by Gasteiger charge is 2.27. The van der Waals surface area contributed by atoms with Crippen molar-refractivity contribution in [2.45, 2.75) is 38.1 Å². The number of rotatable bonds is 5. The van der Waals surface area contributed by atoms with Crippen LogP contribution in [-0.2, 0) is 6.42 Å². The highest BCUT2D eigenvalue weighted by molar-refractivity contribution is 6.16. The van der Waals surface area contributed by atoms with E-state index in [0.29, 0.717) is 0 Å². The fourth-order valence-corrected chi connectivity index (χ4v) is 7.68. The number of hydrogen-bond acceptors (Lipinski definition) is 2. The summed E-state index contributed by atoms with van der Waals surface area (Å²) in [5.41, 5.74) is 12.0. The molecule has 5 aromatic carbocycles. The third kappa shape index (κ3) is 4.48. The number of nitrogens with zero attached hydrogens (tertiary/aromatic N) is 1. The monoisotopic (exact) mass is 593 g/mol. The van der Waals surface area contributed by atoms with E-state index in [9.17, 15) is 0 Å². The van der Waals surface area contributed by atoms with Gasteiger partial charge in [-0.1, -0.05) is 115 Å². The van der Waals surface area contributed by atoms with Crippen LogP contribution >= 0.6 is 0 Å². The quantitative estimate of drug-likeness (QED) is 0.198. The standard InChI is InChI=1S/C44H35NO/c1-3-15-31(16-4-1)35-20-11-12-23-40(35)45(34-18-5-2-6-19-34)41-24-13-25-42-43(41)39-29-38(36-21-9-10-22-37(36)44(39)46-42)33-27-26-30-14-7-8-17-32(30)28-33/h2-3,5-8,10-18,20,22-29,34H,1,4,9,19,21H2. The first-order valence-corrected chi connectivity index (χ1v) is 16.6. The van der Waals surface area contributed by atoms with Crippen LogP contribution in [0.2, 0.25) is 0 Å². The molecule has 0 bridgehead atoms. The molecule has 2 heteroatoms. The van der Waals surface area contributed by atoms with E-state index in [0.717, 1.165) is 43.3 Å². The zero-order valence-corrected chi connectivity index (χ0v) is 25.8. The molecule has 0 N–H and O–H groups in total. The van der Waals surface area contributed by atoms with Crippen molar-refractivity contribution in [1.29, 1.82) is 0 Å². The Bertz CT molecular complexity index is 2310. The maximum absolute atomic E-state index is 6.84. The van der Waals surface area contributed by atoms with Crippen LogP contribution in [0.1, 0.15) is 42.4 Å². The number of anilines is 2. The van der Waals surface area contributed by atoms with Crippen molar-refractivity contribution in [3.8, 4) is 11.1 Å². The van der Waals surface area contributed by atoms with Gasteiger partial charge in [0.15, 0.2) is 0 Å². The van der Waals surface area contributed by atoms with Crippen LogP contribution in [0.5, 0.6) is 0 Å². The Balaban J connectivity index is 1.32. The van der Waals surface area contributed by atoms with Gasteiger partial charge in [-0.05, 0) is 95.5 Å². The van der Waals surface area contributed by atoms with E-state index in [1.165, 1.54) is 66.3 Å². The number of fused-ring (bicyclic) bond motifs is 6. The van der Waals surface area contributed by atoms with E-state index in [1.807, 2.05) is 0 Å². The van der Waals surface area contributed by atoms with Gasteiger partial charge < -0.3 is 9.32 Å². The predicted molar refractivity (Wildman–Crippen MR) is 196 cm³/mol. The summed E-state index contributed by atoms with van der Waals surface area (Å²) in [6, 6.07) is 33.6. The minimum atomic E-state index is 0.173. The molecule has 6 aromatic rings. The van der Waals surface area contributed by atoms with Crippen LogP contribution in [0.4, 0.5) is 11.4 Å². The first kappa shape index (κ1) is 27.0. The number of benzene rings is 5. The first-order chi connectivity index (χ1) is 22.8. The minimum Gasteiger partial charge on any atom is -0.455 e. The molecule has 222 valence electrons. The van der Waals surface area contributed by atoms with Crippen LogP contribution in [0.3, 0.4) is 0 Å². The van der Waals surface area contributed by atoms with Gasteiger partial charge in [-0.15, -0.1) is 0 Å². The number of para-hydroxylation sites is 1. The average molecular weight is 594 g/mol. The van der Waals surface area contributed by atoms with Crippen molar-refractivity contribution < 1.29 is 4.42 Å². The predicted octanol–water partition coefficient (Wildman–Crippen LogP) is 12.1. The van der Waals surface area contributed by atoms with Crippen LogP contribution < -0.4 is 4.90 Å². The second-order valence-electron chi connectivity index (χ2n) is 12.6. The Kier molecular flexibility index (Phi) is 6.59. The summed E-state index contributed by atoms with van der Waals surface area (Å²) >= 11 is 0. The van der Waals surface area contributed by atoms with E-state index in [-0.39, 0.29) is 6.04 Å². The third-order valence-electron chi connectivity index (χ3n) is 9.84. The molecule has 1 heterocycles. The lowest BCUT2D eigenvalue weighted by molar-refractivity contribution is 0.666. The second kappa shape index (κ2) is 11.2. The smallest absolute Gasteiger partial charge is 0.143 e. The normalized spacial score (nSPS) is 17.1. The van der Waals surface area contributed by atoms with Gasteiger partial charge in [-0.3, -0.25) is 0 Å². The largest absolute Gasteiger partial charge is 0.455 e. The van der Waals surface area contributed by atoms with Gasteiger partial charge in [0.1, 0.15) is 11.2 Å². The topological polar surface area (TPSA) is 16.4 Å². The molecule has 0 radical (unpaired) electrons. The Morgan fingerprint density at radius 2 is 1.54 bits per heavy atom. The zero-order chi connectivity index (χ0) is 30.5. The molecule has 9 rings (SSSR count). The SMILES string of the molecule is C1=CCC(N(c2ccccc2C2=CCCC=C2)c2cccc3oc4c5c(c(-c6ccc7ccccc7c6)cc4c23)CCC=C5)C=C1. The molecule has 1 unspecified atom stereocenters. The minimum absolute atomic E-state index is 0.173. The van der Waals surface area contributed by atoms with Gasteiger partial charge in [0.25, 0.3) is 0 Å². The van der Waals surface area contributed by atoms with Crippen molar-refractivity contribution >= 4 is 55.7 Å². The average Bonchev–Trinajstić information content (AvgIpc) is 3.52. The molecule has 0 spiro atoms. The molecule has 0 amide bonds. The fraction of sp³-hybridized carbons (Fsp3) is 0.136. The lowest BCUT2D eigenvalue weighted by Gasteiger charge is -2.35. The van der Waals surface area contributed by atoms with Crippen LogP contribution in [-0.4, -0.2) is 6.04 Å². The maximum atomic E-state index is 6.84.